The number of rotatable bonds is 8. The first-order valence-electron chi connectivity index (χ1n) is 8.82. The summed E-state index contributed by atoms with van der Waals surface area (Å²) >= 11 is 0. The Morgan fingerprint density at radius 3 is 2.56 bits per heavy atom. The van der Waals surface area contributed by atoms with Gasteiger partial charge in [-0.1, -0.05) is 36.4 Å². The molecule has 1 heterocycles. The van der Waals surface area contributed by atoms with Crippen LogP contribution in [0, 0.1) is 0 Å². The smallest absolute Gasteiger partial charge is 0.185 e. The Bertz CT molecular complexity index is 902. The molecular weight excluding hydrogens is 338 g/mol. The quantitative estimate of drug-likeness (QED) is 0.421. The minimum absolute atomic E-state index is 0.0629. The fourth-order valence-electron chi connectivity index (χ4n) is 2.49. The number of carbonyl (C=O) groups excluding carboxylic acids is 1. The third kappa shape index (κ3) is 5.54. The molecule has 0 amide bonds. The van der Waals surface area contributed by atoms with Gasteiger partial charge in [0.1, 0.15) is 18.1 Å². The van der Waals surface area contributed by atoms with Crippen molar-refractivity contribution >= 4 is 11.9 Å². The molecule has 0 aliphatic heterocycles. The van der Waals surface area contributed by atoms with Crippen LogP contribution in [0.1, 0.15) is 28.5 Å². The van der Waals surface area contributed by atoms with E-state index < -0.39 is 0 Å². The molecule has 4 heteroatoms. The molecule has 27 heavy (non-hydrogen) atoms. The van der Waals surface area contributed by atoms with Crippen LogP contribution >= 0.6 is 0 Å². The summed E-state index contributed by atoms with van der Waals surface area (Å²) in [7, 11) is 0. The first-order valence-corrected chi connectivity index (χ1v) is 8.82. The minimum Gasteiger partial charge on any atom is -0.494 e. The molecule has 0 saturated heterocycles. The maximum atomic E-state index is 12.3. The first kappa shape index (κ1) is 18.4. The van der Waals surface area contributed by atoms with Crippen molar-refractivity contribution in [2.75, 3.05) is 6.61 Å². The lowest BCUT2D eigenvalue weighted by molar-refractivity contribution is 0.104. The van der Waals surface area contributed by atoms with E-state index in [1.807, 2.05) is 61.5 Å². The topological polar surface area (TPSA) is 48.4 Å². The van der Waals surface area contributed by atoms with E-state index in [9.17, 15) is 4.79 Å². The zero-order valence-electron chi connectivity index (χ0n) is 15.2. The Kier molecular flexibility index (Phi) is 6.36. The van der Waals surface area contributed by atoms with Crippen molar-refractivity contribution < 1.29 is 14.3 Å². The van der Waals surface area contributed by atoms with Crippen molar-refractivity contribution in [3.63, 3.8) is 0 Å². The van der Waals surface area contributed by atoms with E-state index >= 15 is 0 Å². The van der Waals surface area contributed by atoms with Crippen molar-refractivity contribution in [1.29, 1.82) is 0 Å². The van der Waals surface area contributed by atoms with E-state index in [-0.39, 0.29) is 5.78 Å². The van der Waals surface area contributed by atoms with Gasteiger partial charge in [-0.2, -0.15) is 0 Å². The average molecular weight is 359 g/mol. The third-order valence-corrected chi connectivity index (χ3v) is 3.85. The molecule has 3 rings (SSSR count). The second-order valence-electron chi connectivity index (χ2n) is 5.84. The Morgan fingerprint density at radius 2 is 1.81 bits per heavy atom. The predicted octanol–water partition coefficient (Wildman–Crippen LogP) is 4.96. The maximum absolute atomic E-state index is 12.3. The van der Waals surface area contributed by atoms with Gasteiger partial charge in [0, 0.05) is 11.8 Å². The number of nitrogens with zero attached hydrogens (tertiary/aromatic N) is 1. The van der Waals surface area contributed by atoms with Gasteiger partial charge in [-0.3, -0.25) is 9.78 Å². The molecule has 3 aromatic rings. The zero-order chi connectivity index (χ0) is 18.9. The largest absolute Gasteiger partial charge is 0.494 e. The fourth-order valence-corrected chi connectivity index (χ4v) is 2.49. The van der Waals surface area contributed by atoms with Crippen LogP contribution in [0.5, 0.6) is 11.5 Å². The van der Waals surface area contributed by atoms with Crippen LogP contribution in [0.3, 0.4) is 0 Å². The SMILES string of the molecule is CCOc1cccc(C(=O)/C=C/c2ccc(OCc3ccccn3)cc2)c1. The monoisotopic (exact) mass is 359 g/mol. The van der Waals surface area contributed by atoms with Gasteiger partial charge in [-0.15, -0.1) is 0 Å². The van der Waals surface area contributed by atoms with E-state index in [0.29, 0.717) is 24.5 Å². The summed E-state index contributed by atoms with van der Waals surface area (Å²) in [6.07, 6.45) is 5.10. The molecule has 0 N–H and O–H groups in total. The highest BCUT2D eigenvalue weighted by atomic mass is 16.5. The predicted molar refractivity (Wildman–Crippen MR) is 106 cm³/mol. The van der Waals surface area contributed by atoms with Gasteiger partial charge in [0.25, 0.3) is 0 Å². The maximum Gasteiger partial charge on any atom is 0.185 e. The number of aromatic nitrogens is 1. The zero-order valence-corrected chi connectivity index (χ0v) is 15.2. The third-order valence-electron chi connectivity index (χ3n) is 3.85. The summed E-state index contributed by atoms with van der Waals surface area (Å²) in [5.74, 6) is 1.40. The number of allylic oxidation sites excluding steroid dienone is 1. The Morgan fingerprint density at radius 1 is 0.963 bits per heavy atom. The van der Waals surface area contributed by atoms with Crippen LogP contribution in [0.4, 0.5) is 0 Å². The van der Waals surface area contributed by atoms with Crippen LogP contribution in [-0.2, 0) is 6.61 Å². The Labute approximate surface area is 159 Å². The molecule has 2 aromatic carbocycles. The highest BCUT2D eigenvalue weighted by Gasteiger charge is 2.03. The lowest BCUT2D eigenvalue weighted by atomic mass is 10.1. The van der Waals surface area contributed by atoms with Crippen LogP contribution in [0.15, 0.2) is 79.0 Å². The normalized spacial score (nSPS) is 10.7. The van der Waals surface area contributed by atoms with Crippen molar-refractivity contribution in [3.05, 3.63) is 95.8 Å². The van der Waals surface area contributed by atoms with Gasteiger partial charge < -0.3 is 9.47 Å². The minimum atomic E-state index is -0.0629. The van der Waals surface area contributed by atoms with Crippen LogP contribution in [0.2, 0.25) is 0 Å². The van der Waals surface area contributed by atoms with Crippen molar-refractivity contribution in [1.82, 2.24) is 4.98 Å². The van der Waals surface area contributed by atoms with Crippen molar-refractivity contribution in [3.8, 4) is 11.5 Å². The molecule has 4 nitrogen and oxygen atoms in total. The number of hydrogen-bond donors (Lipinski definition) is 0. The van der Waals surface area contributed by atoms with E-state index in [1.54, 1.807) is 30.5 Å². The van der Waals surface area contributed by atoms with Gasteiger partial charge in [0.05, 0.1) is 12.3 Å². The Balaban J connectivity index is 1.58. The van der Waals surface area contributed by atoms with Gasteiger partial charge in [0.2, 0.25) is 0 Å². The summed E-state index contributed by atoms with van der Waals surface area (Å²) in [5, 5.41) is 0. The molecule has 0 spiro atoms. The number of benzene rings is 2. The molecule has 0 unspecified atom stereocenters. The summed E-state index contributed by atoms with van der Waals surface area (Å²) in [5.41, 5.74) is 2.41. The highest BCUT2D eigenvalue weighted by Crippen LogP contribution is 2.17. The van der Waals surface area contributed by atoms with E-state index in [0.717, 1.165) is 17.0 Å². The molecule has 0 aliphatic carbocycles. The van der Waals surface area contributed by atoms with Crippen molar-refractivity contribution in [2.45, 2.75) is 13.5 Å². The molecule has 0 atom stereocenters. The van der Waals surface area contributed by atoms with Crippen LogP contribution in [-0.4, -0.2) is 17.4 Å². The molecule has 0 aliphatic rings. The first-order chi connectivity index (χ1) is 13.2. The highest BCUT2D eigenvalue weighted by molar-refractivity contribution is 6.07. The summed E-state index contributed by atoms with van der Waals surface area (Å²) < 4.78 is 11.1. The number of hydrogen-bond acceptors (Lipinski definition) is 4. The summed E-state index contributed by atoms with van der Waals surface area (Å²) in [6, 6.07) is 20.5. The Hall–Kier alpha value is -3.40. The molecule has 0 bridgehead atoms. The van der Waals surface area contributed by atoms with Gasteiger partial charge >= 0.3 is 0 Å². The van der Waals surface area contributed by atoms with E-state index in [2.05, 4.69) is 4.98 Å². The summed E-state index contributed by atoms with van der Waals surface area (Å²) in [4.78, 5) is 16.6. The lowest BCUT2D eigenvalue weighted by Gasteiger charge is -2.06. The van der Waals surface area contributed by atoms with Gasteiger partial charge in [0.15, 0.2) is 5.78 Å². The molecule has 136 valence electrons. The second-order valence-corrected chi connectivity index (χ2v) is 5.84. The number of ether oxygens (including phenoxy) is 2. The number of carbonyl (C=O) groups is 1. The number of pyridine rings is 1. The fraction of sp³-hybridized carbons (Fsp3) is 0.130. The molecule has 0 radical (unpaired) electrons. The van der Waals surface area contributed by atoms with Crippen LogP contribution < -0.4 is 9.47 Å². The van der Waals surface area contributed by atoms with Crippen LogP contribution in [0.25, 0.3) is 6.08 Å². The average Bonchev–Trinajstić information content (AvgIpc) is 2.72. The van der Waals surface area contributed by atoms with Gasteiger partial charge in [-0.05, 0) is 55.0 Å². The molecule has 0 fully saturated rings. The van der Waals surface area contributed by atoms with E-state index in [4.69, 9.17) is 9.47 Å². The van der Waals surface area contributed by atoms with E-state index in [1.165, 1.54) is 0 Å². The lowest BCUT2D eigenvalue weighted by Crippen LogP contribution is -1.97. The molecule has 0 saturated carbocycles. The van der Waals surface area contributed by atoms with Gasteiger partial charge in [-0.25, -0.2) is 0 Å². The number of ketones is 1. The second kappa shape index (κ2) is 9.34. The molecular formula is C23H21NO3. The standard InChI is InChI=1S/C23H21NO3/c1-2-26-22-8-5-6-19(16-22)23(25)14-11-18-9-12-21(13-10-18)27-17-20-7-3-4-15-24-20/h3-16H,2,17H2,1H3/b14-11+. The van der Waals surface area contributed by atoms with Crippen molar-refractivity contribution in [2.24, 2.45) is 0 Å². The molecule has 1 aromatic heterocycles. The summed E-state index contributed by atoms with van der Waals surface area (Å²) in [6.45, 7) is 2.91.